The number of piperidine rings is 1. The first kappa shape index (κ1) is 22.8. The zero-order valence-corrected chi connectivity index (χ0v) is 18.8. The van der Waals surface area contributed by atoms with Crippen molar-refractivity contribution >= 4 is 23.1 Å². The van der Waals surface area contributed by atoms with Crippen molar-refractivity contribution in [2.45, 2.75) is 39.3 Å². The highest BCUT2D eigenvalue weighted by Gasteiger charge is 2.23. The number of rotatable bonds is 9. The largest absolute Gasteiger partial charge is 0.491 e. The van der Waals surface area contributed by atoms with Crippen LogP contribution >= 0.6 is 0 Å². The zero-order valence-electron chi connectivity index (χ0n) is 18.8. The lowest BCUT2D eigenvalue weighted by Gasteiger charge is -2.32. The number of nitrogens with one attached hydrogen (secondary N) is 1. The maximum absolute atomic E-state index is 14.5. The highest BCUT2D eigenvalue weighted by molar-refractivity contribution is 6.00. The predicted molar refractivity (Wildman–Crippen MR) is 122 cm³/mol. The second-order valence-electron chi connectivity index (χ2n) is 7.94. The van der Waals surface area contributed by atoms with Gasteiger partial charge in [-0.1, -0.05) is 6.07 Å². The molecule has 0 bridgehead atoms. The van der Waals surface area contributed by atoms with Crippen LogP contribution in [-0.4, -0.2) is 53.3 Å². The van der Waals surface area contributed by atoms with Crippen LogP contribution in [0.5, 0.6) is 11.5 Å². The van der Waals surface area contributed by atoms with Crippen LogP contribution in [-0.2, 0) is 6.54 Å². The summed E-state index contributed by atoms with van der Waals surface area (Å²) in [5, 5.41) is 12.6. The smallest absolute Gasteiger partial charge is 0.339 e. The molecule has 0 aliphatic carbocycles. The third kappa shape index (κ3) is 5.19. The van der Waals surface area contributed by atoms with Gasteiger partial charge in [0.25, 0.3) is 6.01 Å². The quantitative estimate of drug-likeness (QED) is 0.483. The number of fused-ring (bicyclic) bond motifs is 1. The Hall–Kier alpha value is -3.33. The molecular weight excluding hydrogens is 429 g/mol. The number of carboxylic acids is 1. The molecule has 0 atom stereocenters. The minimum atomic E-state index is -1.04. The Labute approximate surface area is 191 Å². The molecule has 4 rings (SSSR count). The van der Waals surface area contributed by atoms with E-state index >= 15 is 0 Å². The van der Waals surface area contributed by atoms with Crippen molar-refractivity contribution in [3.05, 3.63) is 47.3 Å². The number of para-hydroxylation sites is 1. The number of anilines is 1. The van der Waals surface area contributed by atoms with Crippen molar-refractivity contribution in [2.24, 2.45) is 0 Å². The monoisotopic (exact) mass is 457 g/mol. The molecule has 8 nitrogen and oxygen atoms in total. The highest BCUT2D eigenvalue weighted by atomic mass is 19.1. The van der Waals surface area contributed by atoms with Crippen LogP contribution in [0.3, 0.4) is 0 Å². The number of hydrogen-bond donors (Lipinski definition) is 2. The van der Waals surface area contributed by atoms with Crippen LogP contribution in [0.25, 0.3) is 11.1 Å². The average Bonchev–Trinajstić information content (AvgIpc) is 3.21. The van der Waals surface area contributed by atoms with E-state index in [-0.39, 0.29) is 28.7 Å². The molecule has 9 heteroatoms. The normalized spacial score (nSPS) is 15.0. The highest BCUT2D eigenvalue weighted by Crippen LogP contribution is 2.30. The van der Waals surface area contributed by atoms with Crippen LogP contribution in [0, 0.1) is 5.82 Å². The Morgan fingerprint density at radius 3 is 2.48 bits per heavy atom. The fourth-order valence-corrected chi connectivity index (χ4v) is 4.09. The number of aromatic nitrogens is 1. The predicted octanol–water partition coefficient (Wildman–Crippen LogP) is 4.54. The summed E-state index contributed by atoms with van der Waals surface area (Å²) in [6, 6.07) is 8.86. The Kier molecular flexibility index (Phi) is 6.98. The van der Waals surface area contributed by atoms with E-state index in [0.29, 0.717) is 31.3 Å². The van der Waals surface area contributed by atoms with Crippen molar-refractivity contribution in [1.29, 1.82) is 0 Å². The molecule has 0 saturated carbocycles. The van der Waals surface area contributed by atoms with Crippen LogP contribution in [0.2, 0.25) is 0 Å². The lowest BCUT2D eigenvalue weighted by atomic mass is 10.0. The molecule has 1 aromatic heterocycles. The minimum absolute atomic E-state index is 0.0972. The molecule has 33 heavy (non-hydrogen) atoms. The van der Waals surface area contributed by atoms with Gasteiger partial charge in [-0.05, 0) is 56.5 Å². The topological polar surface area (TPSA) is 97.1 Å². The molecule has 0 spiro atoms. The molecular formula is C24H28FN3O5. The van der Waals surface area contributed by atoms with Gasteiger partial charge in [-0.25, -0.2) is 4.79 Å². The van der Waals surface area contributed by atoms with E-state index in [9.17, 15) is 14.3 Å². The molecule has 0 amide bonds. The molecule has 1 aliphatic rings. The number of likely N-dealkylation sites (tertiary alicyclic amines) is 1. The second-order valence-corrected chi connectivity index (χ2v) is 7.94. The van der Waals surface area contributed by atoms with Gasteiger partial charge in [-0.3, -0.25) is 4.90 Å². The average molecular weight is 458 g/mol. The van der Waals surface area contributed by atoms with Gasteiger partial charge in [-0.15, -0.1) is 0 Å². The van der Waals surface area contributed by atoms with Gasteiger partial charge in [0.2, 0.25) is 5.82 Å². The van der Waals surface area contributed by atoms with Gasteiger partial charge >= 0.3 is 5.97 Å². The van der Waals surface area contributed by atoms with Gasteiger partial charge in [0, 0.05) is 25.7 Å². The molecule has 3 aromatic rings. The van der Waals surface area contributed by atoms with Crippen molar-refractivity contribution in [1.82, 2.24) is 9.88 Å². The number of carboxylic acid groups (broad SMARTS) is 1. The van der Waals surface area contributed by atoms with Crippen molar-refractivity contribution in [3.63, 3.8) is 0 Å². The van der Waals surface area contributed by atoms with E-state index in [4.69, 9.17) is 13.9 Å². The minimum Gasteiger partial charge on any atom is -0.491 e. The summed E-state index contributed by atoms with van der Waals surface area (Å²) in [6.07, 6.45) is 1.73. The van der Waals surface area contributed by atoms with Gasteiger partial charge in [0.1, 0.15) is 11.1 Å². The van der Waals surface area contributed by atoms with E-state index < -0.39 is 11.8 Å². The lowest BCUT2D eigenvalue weighted by molar-refractivity contribution is 0.0698. The lowest BCUT2D eigenvalue weighted by Crippen LogP contribution is -2.38. The summed E-state index contributed by atoms with van der Waals surface area (Å²) in [5.74, 6) is -1.08. The molecule has 0 unspecified atom stereocenters. The standard InChI is InChI=1S/C24H28FN3O5/c1-3-31-19-12-15(13-20(21(19)25)32-4-2)14-28-10-8-16(9-11-28)26-24-27-18-7-5-6-17(23(29)30)22(18)33-24/h5-7,12-13,16H,3-4,8-11,14H2,1-2H3,(H,26,27)(H,29,30). The molecule has 1 saturated heterocycles. The summed E-state index contributed by atoms with van der Waals surface area (Å²) in [4.78, 5) is 18.1. The Morgan fingerprint density at radius 1 is 1.21 bits per heavy atom. The van der Waals surface area contributed by atoms with Gasteiger partial charge < -0.3 is 24.3 Å². The third-order valence-electron chi connectivity index (χ3n) is 5.63. The van der Waals surface area contributed by atoms with Gasteiger partial charge in [0.15, 0.2) is 17.1 Å². The first-order chi connectivity index (χ1) is 16.0. The molecule has 1 fully saturated rings. The Balaban J connectivity index is 1.38. The maximum atomic E-state index is 14.5. The summed E-state index contributed by atoms with van der Waals surface area (Å²) in [5.41, 5.74) is 1.83. The molecule has 2 aromatic carbocycles. The fraction of sp³-hybridized carbons (Fsp3) is 0.417. The number of aromatic carboxylic acids is 1. The molecule has 0 radical (unpaired) electrons. The van der Waals surface area contributed by atoms with Crippen molar-refractivity contribution in [2.75, 3.05) is 31.6 Å². The first-order valence-electron chi connectivity index (χ1n) is 11.2. The first-order valence-corrected chi connectivity index (χ1v) is 11.2. The Bertz CT molecular complexity index is 1100. The Morgan fingerprint density at radius 2 is 1.88 bits per heavy atom. The molecule has 176 valence electrons. The maximum Gasteiger partial charge on any atom is 0.339 e. The van der Waals surface area contributed by atoms with E-state index in [1.807, 2.05) is 13.8 Å². The second kappa shape index (κ2) is 10.1. The summed E-state index contributed by atoms with van der Waals surface area (Å²) in [7, 11) is 0. The van der Waals surface area contributed by atoms with Crippen LogP contribution < -0.4 is 14.8 Å². The van der Waals surface area contributed by atoms with Gasteiger partial charge in [-0.2, -0.15) is 9.37 Å². The number of benzene rings is 2. The van der Waals surface area contributed by atoms with Gasteiger partial charge in [0.05, 0.1) is 13.2 Å². The number of nitrogens with zero attached hydrogens (tertiary/aromatic N) is 2. The SMILES string of the molecule is CCOc1cc(CN2CCC(Nc3nc4cccc(C(=O)O)c4o3)CC2)cc(OCC)c1F. The van der Waals surface area contributed by atoms with Crippen LogP contribution in [0.15, 0.2) is 34.7 Å². The number of carbonyl (C=O) groups is 1. The van der Waals surface area contributed by atoms with E-state index in [1.54, 1.807) is 24.3 Å². The number of halogens is 1. The van der Waals surface area contributed by atoms with E-state index in [0.717, 1.165) is 31.5 Å². The fourth-order valence-electron chi connectivity index (χ4n) is 4.09. The zero-order chi connectivity index (χ0) is 23.4. The summed E-state index contributed by atoms with van der Waals surface area (Å²) in [6.45, 7) is 6.75. The number of oxazole rings is 1. The third-order valence-corrected chi connectivity index (χ3v) is 5.63. The summed E-state index contributed by atoms with van der Waals surface area (Å²) >= 11 is 0. The number of ether oxygens (including phenoxy) is 2. The van der Waals surface area contributed by atoms with E-state index in [1.165, 1.54) is 6.07 Å². The van der Waals surface area contributed by atoms with Crippen molar-refractivity contribution in [3.8, 4) is 11.5 Å². The van der Waals surface area contributed by atoms with E-state index in [2.05, 4.69) is 15.2 Å². The summed E-state index contributed by atoms with van der Waals surface area (Å²) < 4.78 is 31.1. The van der Waals surface area contributed by atoms with Crippen molar-refractivity contribution < 1.29 is 28.2 Å². The van der Waals surface area contributed by atoms with Crippen LogP contribution in [0.4, 0.5) is 10.4 Å². The molecule has 1 aliphatic heterocycles. The molecule has 2 N–H and O–H groups in total. The molecule has 2 heterocycles. The number of hydrogen-bond acceptors (Lipinski definition) is 7. The van der Waals surface area contributed by atoms with Crippen LogP contribution in [0.1, 0.15) is 42.6 Å².